The van der Waals surface area contributed by atoms with Gasteiger partial charge in [0.1, 0.15) is 11.2 Å². The molecule has 4 heteroatoms. The number of aromatic nitrogens is 3. The van der Waals surface area contributed by atoms with Crippen LogP contribution in [0.4, 0.5) is 0 Å². The zero-order valence-electron chi connectivity index (χ0n) is 35.4. The number of nitrogens with zero attached hydrogens (tertiary/aromatic N) is 3. The second kappa shape index (κ2) is 13.6. The Bertz CT molecular complexity index is 3570. The van der Waals surface area contributed by atoms with Crippen LogP contribution in [0.25, 0.3) is 111 Å². The number of hydrogen-bond donors (Lipinski definition) is 0. The molecule has 11 aromatic rings. The van der Waals surface area contributed by atoms with E-state index in [1.54, 1.807) is 12.1 Å². The molecule has 2 heterocycles. The van der Waals surface area contributed by atoms with Gasteiger partial charge in [-0.2, -0.15) is 0 Å². The summed E-state index contributed by atoms with van der Waals surface area (Å²) in [6.07, 6.45) is 0. The fraction of sp³-hybridized carbons (Fsp3) is 0. The number of furan rings is 1. The third-order valence-corrected chi connectivity index (χ3v) is 10.6. The van der Waals surface area contributed by atoms with E-state index < -0.39 is 6.04 Å². The first-order valence-electron chi connectivity index (χ1n) is 21.3. The van der Waals surface area contributed by atoms with Crippen LogP contribution in [-0.2, 0) is 0 Å². The standard InChI is InChI=1S/C53H33N3O/c1-2-10-34(11-3-1)36-20-23-37(24-21-36)51-54-52(56-53(55-51)45-29-22-35-12-4-5-13-38(35)32-45)44-15-8-14-39(33-44)40-25-26-42-31-43(28-27-41(42)30-40)46-17-9-19-49-50(46)47-16-6-7-18-48(47)57-49/h1-33H/i1D,2D,3D,10D,11D. The van der Waals surface area contributed by atoms with Crippen molar-refractivity contribution in [2.45, 2.75) is 0 Å². The number of fused-ring (bicyclic) bond motifs is 5. The van der Waals surface area contributed by atoms with Crippen LogP contribution in [0.2, 0.25) is 0 Å². The fourth-order valence-corrected chi connectivity index (χ4v) is 7.72. The van der Waals surface area contributed by atoms with E-state index in [0.29, 0.717) is 28.6 Å². The van der Waals surface area contributed by atoms with E-state index >= 15 is 0 Å². The molecule has 11 rings (SSSR count). The van der Waals surface area contributed by atoms with Crippen molar-refractivity contribution in [2.24, 2.45) is 0 Å². The molecule has 266 valence electrons. The molecule has 0 aliphatic carbocycles. The molecule has 0 fully saturated rings. The van der Waals surface area contributed by atoms with E-state index in [1.807, 2.05) is 72.8 Å². The van der Waals surface area contributed by atoms with E-state index in [2.05, 4.69) is 84.9 Å². The Balaban J connectivity index is 0.978. The van der Waals surface area contributed by atoms with Crippen molar-refractivity contribution >= 4 is 43.5 Å². The predicted octanol–water partition coefficient (Wildman–Crippen LogP) is 14.1. The SMILES string of the molecule is [2H]c1c([2H])c([2H])c(-c2ccc(-c3nc(-c4cccc(-c5ccc6cc(-c7cccc8oc9ccccc9c78)ccc6c5)c4)nc(-c4ccc5ccccc5c4)n3)cc2)c([2H])c1[2H]. The van der Waals surface area contributed by atoms with Crippen molar-refractivity contribution in [2.75, 3.05) is 0 Å². The van der Waals surface area contributed by atoms with Gasteiger partial charge in [0.05, 0.1) is 6.85 Å². The van der Waals surface area contributed by atoms with Crippen LogP contribution in [0.1, 0.15) is 6.85 Å². The molecule has 0 bridgehead atoms. The zero-order chi connectivity index (χ0) is 42.1. The molecule has 0 N–H and O–H groups in total. The monoisotopic (exact) mass is 732 g/mol. The summed E-state index contributed by atoms with van der Waals surface area (Å²) in [6.45, 7) is 0. The first-order valence-corrected chi connectivity index (χ1v) is 18.8. The van der Waals surface area contributed by atoms with Crippen LogP contribution in [0.15, 0.2) is 204 Å². The predicted molar refractivity (Wildman–Crippen MR) is 235 cm³/mol. The van der Waals surface area contributed by atoms with Crippen LogP contribution in [0.3, 0.4) is 0 Å². The van der Waals surface area contributed by atoms with Gasteiger partial charge in [0.2, 0.25) is 0 Å². The molecule has 4 nitrogen and oxygen atoms in total. The van der Waals surface area contributed by atoms with Crippen molar-refractivity contribution in [3.8, 4) is 67.5 Å². The van der Waals surface area contributed by atoms with Gasteiger partial charge in [0.15, 0.2) is 17.5 Å². The molecule has 0 saturated carbocycles. The van der Waals surface area contributed by atoms with E-state index in [4.69, 9.17) is 26.2 Å². The van der Waals surface area contributed by atoms with Gasteiger partial charge in [-0.3, -0.25) is 0 Å². The number of hydrogen-bond acceptors (Lipinski definition) is 4. The average molecular weight is 733 g/mol. The summed E-state index contributed by atoms with van der Waals surface area (Å²) in [7, 11) is 0. The van der Waals surface area contributed by atoms with Gasteiger partial charge in [-0.1, -0.05) is 164 Å². The van der Waals surface area contributed by atoms with E-state index in [-0.39, 0.29) is 29.7 Å². The van der Waals surface area contributed by atoms with Gasteiger partial charge in [-0.25, -0.2) is 15.0 Å². The van der Waals surface area contributed by atoms with E-state index in [0.717, 1.165) is 76.9 Å². The lowest BCUT2D eigenvalue weighted by atomic mass is 9.95. The van der Waals surface area contributed by atoms with Crippen LogP contribution in [0.5, 0.6) is 0 Å². The second-order valence-electron chi connectivity index (χ2n) is 14.1. The van der Waals surface area contributed by atoms with Crippen molar-refractivity contribution in [3.05, 3.63) is 200 Å². The summed E-state index contributed by atoms with van der Waals surface area (Å²) >= 11 is 0. The Hall–Kier alpha value is -7.69. The maximum Gasteiger partial charge on any atom is 0.164 e. The van der Waals surface area contributed by atoms with Gasteiger partial charge in [-0.05, 0) is 91.3 Å². The smallest absolute Gasteiger partial charge is 0.164 e. The summed E-state index contributed by atoms with van der Waals surface area (Å²) in [5.74, 6) is 1.45. The molecule has 0 aliphatic rings. The highest BCUT2D eigenvalue weighted by Crippen LogP contribution is 2.38. The Morgan fingerprint density at radius 3 is 1.70 bits per heavy atom. The van der Waals surface area contributed by atoms with Gasteiger partial charge in [-0.15, -0.1) is 0 Å². The van der Waals surface area contributed by atoms with Gasteiger partial charge in [0.25, 0.3) is 0 Å². The minimum Gasteiger partial charge on any atom is -0.456 e. The molecule has 57 heavy (non-hydrogen) atoms. The lowest BCUT2D eigenvalue weighted by Crippen LogP contribution is -2.00. The Morgan fingerprint density at radius 2 is 0.877 bits per heavy atom. The lowest BCUT2D eigenvalue weighted by Gasteiger charge is -2.11. The zero-order valence-corrected chi connectivity index (χ0v) is 30.4. The number of rotatable bonds is 6. The van der Waals surface area contributed by atoms with Gasteiger partial charge < -0.3 is 4.42 Å². The van der Waals surface area contributed by atoms with Crippen LogP contribution in [0, 0.1) is 0 Å². The summed E-state index contributed by atoms with van der Waals surface area (Å²) in [6, 6.07) is 55.5. The van der Waals surface area contributed by atoms with Crippen LogP contribution < -0.4 is 0 Å². The third kappa shape index (κ3) is 6.01. The van der Waals surface area contributed by atoms with E-state index in [1.165, 1.54) is 0 Å². The molecule has 0 unspecified atom stereocenters. The molecule has 0 amide bonds. The molecule has 0 aliphatic heterocycles. The van der Waals surface area contributed by atoms with Crippen molar-refractivity contribution < 1.29 is 11.3 Å². The molecule has 0 radical (unpaired) electrons. The number of benzene rings is 9. The maximum absolute atomic E-state index is 8.49. The molecule has 9 aromatic carbocycles. The fourth-order valence-electron chi connectivity index (χ4n) is 7.72. The Morgan fingerprint density at radius 1 is 0.351 bits per heavy atom. The summed E-state index contributed by atoms with van der Waals surface area (Å²) in [5, 5.41) is 6.65. The highest BCUT2D eigenvalue weighted by Gasteiger charge is 2.16. The highest BCUT2D eigenvalue weighted by molar-refractivity contribution is 6.13. The van der Waals surface area contributed by atoms with Crippen molar-refractivity contribution in [3.63, 3.8) is 0 Å². The molecular weight excluding hydrogens is 695 g/mol. The first-order chi connectivity index (χ1) is 30.3. The summed E-state index contributed by atoms with van der Waals surface area (Å²) in [4.78, 5) is 15.0. The molecular formula is C53H33N3O. The van der Waals surface area contributed by atoms with Crippen molar-refractivity contribution in [1.29, 1.82) is 0 Å². The normalized spacial score (nSPS) is 12.7. The van der Waals surface area contributed by atoms with Crippen LogP contribution >= 0.6 is 0 Å². The molecule has 0 atom stereocenters. The highest BCUT2D eigenvalue weighted by atomic mass is 16.3. The lowest BCUT2D eigenvalue weighted by molar-refractivity contribution is 0.669. The second-order valence-corrected chi connectivity index (χ2v) is 14.1. The number of para-hydroxylation sites is 1. The Labute approximate surface area is 336 Å². The minimum absolute atomic E-state index is 0.141. The third-order valence-electron chi connectivity index (χ3n) is 10.6. The quantitative estimate of drug-likeness (QED) is 0.171. The van der Waals surface area contributed by atoms with Gasteiger partial charge >= 0.3 is 0 Å². The van der Waals surface area contributed by atoms with E-state index in [9.17, 15) is 0 Å². The largest absolute Gasteiger partial charge is 0.456 e. The maximum atomic E-state index is 8.49. The van der Waals surface area contributed by atoms with Crippen molar-refractivity contribution in [1.82, 2.24) is 15.0 Å². The van der Waals surface area contributed by atoms with Crippen LogP contribution in [-0.4, -0.2) is 15.0 Å². The first kappa shape index (κ1) is 27.8. The molecule has 0 saturated heterocycles. The minimum atomic E-state index is -0.424. The summed E-state index contributed by atoms with van der Waals surface area (Å²) < 4.78 is 47.5. The Kier molecular flexibility index (Phi) is 6.62. The molecule has 2 aromatic heterocycles. The topological polar surface area (TPSA) is 51.8 Å². The van der Waals surface area contributed by atoms with Gasteiger partial charge in [0, 0.05) is 27.5 Å². The molecule has 0 spiro atoms. The average Bonchev–Trinajstić information content (AvgIpc) is 3.71. The summed E-state index contributed by atoms with van der Waals surface area (Å²) in [5.41, 5.74) is 9.07.